The molecule has 0 aliphatic rings. The van der Waals surface area contributed by atoms with Gasteiger partial charge in [0.1, 0.15) is 12.1 Å². The van der Waals surface area contributed by atoms with E-state index in [4.69, 9.17) is 4.74 Å². The molecule has 0 amide bonds. The first-order valence-corrected chi connectivity index (χ1v) is 7.67. The van der Waals surface area contributed by atoms with Crippen LogP contribution < -0.4 is 0 Å². The molecule has 25 heavy (non-hydrogen) atoms. The molecule has 0 unspecified atom stereocenters. The van der Waals surface area contributed by atoms with Crippen molar-refractivity contribution in [1.29, 1.82) is 0 Å². The molecule has 6 nitrogen and oxygen atoms in total. The number of hydrogen-bond acceptors (Lipinski definition) is 6. The van der Waals surface area contributed by atoms with Gasteiger partial charge < -0.3 is 9.57 Å². The number of hydrogen-bond donors (Lipinski definition) is 0. The Kier molecular flexibility index (Phi) is 5.73. The van der Waals surface area contributed by atoms with Gasteiger partial charge in [-0.2, -0.15) is 18.3 Å². The number of nitrogens with zero attached hydrogens (tertiary/aromatic N) is 3. The maximum atomic E-state index is 13.2. The summed E-state index contributed by atoms with van der Waals surface area (Å²) in [6.45, 7) is 0. The van der Waals surface area contributed by atoms with Gasteiger partial charge in [0.2, 0.25) is 0 Å². The number of esters is 1. The van der Waals surface area contributed by atoms with Crippen LogP contribution in [-0.2, 0) is 22.8 Å². The normalized spacial score (nSPS) is 11.8. The molecule has 0 atom stereocenters. The van der Waals surface area contributed by atoms with Crippen LogP contribution in [0, 0.1) is 0 Å². The molecule has 0 saturated heterocycles. The van der Waals surface area contributed by atoms with Crippen LogP contribution in [0.4, 0.5) is 13.2 Å². The first kappa shape index (κ1) is 18.8. The summed E-state index contributed by atoms with van der Waals surface area (Å²) in [4.78, 5) is 16.8. The van der Waals surface area contributed by atoms with Gasteiger partial charge >= 0.3 is 12.1 Å². The van der Waals surface area contributed by atoms with Crippen LogP contribution in [0.5, 0.6) is 0 Å². The second-order valence-corrected chi connectivity index (χ2v) is 5.73. The van der Waals surface area contributed by atoms with E-state index in [2.05, 4.69) is 15.1 Å². The third-order valence-corrected chi connectivity index (χ3v) is 4.34. The number of ether oxygens (including phenoxy) is 1. The average molecular weight is 373 g/mol. The second-order valence-electron chi connectivity index (χ2n) is 4.70. The van der Waals surface area contributed by atoms with Crippen molar-refractivity contribution in [3.63, 3.8) is 0 Å². The van der Waals surface area contributed by atoms with Crippen LogP contribution >= 0.6 is 11.8 Å². The predicted molar refractivity (Wildman–Crippen MR) is 84.7 cm³/mol. The van der Waals surface area contributed by atoms with E-state index in [0.717, 1.165) is 22.7 Å². The van der Waals surface area contributed by atoms with Crippen molar-refractivity contribution < 1.29 is 27.5 Å². The van der Waals surface area contributed by atoms with Gasteiger partial charge in [0, 0.05) is 11.9 Å². The van der Waals surface area contributed by atoms with E-state index in [9.17, 15) is 18.0 Å². The number of carbonyl (C=O) groups excluding carboxylic acids is 1. The molecule has 10 heteroatoms. The van der Waals surface area contributed by atoms with Crippen LogP contribution in [0.2, 0.25) is 0 Å². The third kappa shape index (κ3) is 4.13. The Bertz CT molecular complexity index is 803. The molecule has 0 saturated carbocycles. The number of benzene rings is 1. The lowest BCUT2D eigenvalue weighted by Crippen LogP contribution is -2.09. The fourth-order valence-electron chi connectivity index (χ4n) is 2.02. The zero-order valence-corrected chi connectivity index (χ0v) is 14.3. The summed E-state index contributed by atoms with van der Waals surface area (Å²) in [7, 11) is 3.83. The predicted octanol–water partition coefficient (Wildman–Crippen LogP) is 3.36. The van der Waals surface area contributed by atoms with Gasteiger partial charge in [-0.15, -0.1) is 0 Å². The topological polar surface area (TPSA) is 65.7 Å². The number of aromatic nitrogens is 2. The number of rotatable bonds is 5. The lowest BCUT2D eigenvalue weighted by atomic mass is 10.2. The van der Waals surface area contributed by atoms with Crippen molar-refractivity contribution >= 4 is 23.9 Å². The molecule has 1 aromatic carbocycles. The Morgan fingerprint density at radius 3 is 2.60 bits per heavy atom. The summed E-state index contributed by atoms with van der Waals surface area (Å²) in [6, 6.07) is 6.43. The van der Waals surface area contributed by atoms with E-state index in [0.29, 0.717) is 4.90 Å². The molecule has 0 spiro atoms. The maximum Gasteiger partial charge on any atom is 0.435 e. The molecule has 2 aromatic rings. The number of halogens is 3. The zero-order chi connectivity index (χ0) is 18.6. The largest absolute Gasteiger partial charge is 0.465 e. The van der Waals surface area contributed by atoms with E-state index < -0.39 is 17.8 Å². The summed E-state index contributed by atoms with van der Waals surface area (Å²) < 4.78 is 45.4. The van der Waals surface area contributed by atoms with Crippen molar-refractivity contribution in [3.05, 3.63) is 41.1 Å². The molecular weight excluding hydrogens is 359 g/mol. The first-order chi connectivity index (χ1) is 11.8. The van der Waals surface area contributed by atoms with E-state index in [1.165, 1.54) is 27.3 Å². The highest BCUT2D eigenvalue weighted by molar-refractivity contribution is 7.99. The Morgan fingerprint density at radius 2 is 2.00 bits per heavy atom. The van der Waals surface area contributed by atoms with Gasteiger partial charge in [0.05, 0.1) is 24.5 Å². The van der Waals surface area contributed by atoms with Gasteiger partial charge in [-0.05, 0) is 12.1 Å². The van der Waals surface area contributed by atoms with Crippen LogP contribution in [0.1, 0.15) is 21.6 Å². The SMILES string of the molecule is CO/N=C/c1c(C(F)(F)F)nn(C)c1Sc1ccccc1C(=O)OC. The Morgan fingerprint density at radius 1 is 1.32 bits per heavy atom. The number of carbonyl (C=O) groups is 1. The summed E-state index contributed by atoms with van der Waals surface area (Å²) in [5.41, 5.74) is -1.10. The molecule has 0 fully saturated rings. The van der Waals surface area contributed by atoms with Gasteiger partial charge in [-0.3, -0.25) is 4.68 Å². The van der Waals surface area contributed by atoms with Crippen molar-refractivity contribution in [2.45, 2.75) is 16.1 Å². The highest BCUT2D eigenvalue weighted by atomic mass is 32.2. The minimum atomic E-state index is -4.66. The number of methoxy groups -OCH3 is 1. The lowest BCUT2D eigenvalue weighted by Gasteiger charge is -2.08. The highest BCUT2D eigenvalue weighted by Crippen LogP contribution is 2.38. The molecule has 1 aromatic heterocycles. The fraction of sp³-hybridized carbons (Fsp3) is 0.267. The Hall–Kier alpha value is -2.49. The molecule has 2 rings (SSSR count). The molecule has 0 bridgehead atoms. The van der Waals surface area contributed by atoms with Gasteiger partial charge in [0.25, 0.3) is 0 Å². The summed E-state index contributed by atoms with van der Waals surface area (Å²) in [5.74, 6) is -0.589. The van der Waals surface area contributed by atoms with Crippen molar-refractivity contribution in [2.75, 3.05) is 14.2 Å². The van der Waals surface area contributed by atoms with Crippen LogP contribution in [0.3, 0.4) is 0 Å². The van der Waals surface area contributed by atoms with Gasteiger partial charge in [-0.1, -0.05) is 29.1 Å². The smallest absolute Gasteiger partial charge is 0.435 e. The lowest BCUT2D eigenvalue weighted by molar-refractivity contribution is -0.141. The molecule has 0 aliphatic heterocycles. The standard InChI is InChI=1S/C15H14F3N3O3S/c1-21-13(10(8-19-24-3)12(20-21)15(16,17)18)25-11-7-5-4-6-9(11)14(22)23-2/h4-8H,1-3H3/b19-8+. The Balaban J connectivity index is 2.56. The summed E-state index contributed by atoms with van der Waals surface area (Å²) in [6.07, 6.45) is -3.72. The first-order valence-electron chi connectivity index (χ1n) is 6.85. The molecule has 0 aliphatic carbocycles. The fourth-order valence-corrected chi connectivity index (χ4v) is 3.06. The summed E-state index contributed by atoms with van der Waals surface area (Å²) >= 11 is 0.951. The minimum absolute atomic E-state index is 0.157. The van der Waals surface area contributed by atoms with E-state index in [-0.39, 0.29) is 16.2 Å². The van der Waals surface area contributed by atoms with Gasteiger partial charge in [0.15, 0.2) is 5.69 Å². The van der Waals surface area contributed by atoms with Crippen LogP contribution in [0.15, 0.2) is 39.3 Å². The number of alkyl halides is 3. The number of oxime groups is 1. The summed E-state index contributed by atoms with van der Waals surface area (Å²) in [5, 5.41) is 7.11. The average Bonchev–Trinajstić information content (AvgIpc) is 2.89. The highest BCUT2D eigenvalue weighted by Gasteiger charge is 2.39. The third-order valence-electron chi connectivity index (χ3n) is 3.08. The molecule has 134 valence electrons. The van der Waals surface area contributed by atoms with Crippen molar-refractivity contribution in [1.82, 2.24) is 9.78 Å². The van der Waals surface area contributed by atoms with Crippen LogP contribution in [0.25, 0.3) is 0 Å². The van der Waals surface area contributed by atoms with E-state index in [1.807, 2.05) is 0 Å². The van der Waals surface area contributed by atoms with E-state index >= 15 is 0 Å². The van der Waals surface area contributed by atoms with Crippen molar-refractivity contribution in [2.24, 2.45) is 12.2 Å². The monoisotopic (exact) mass is 373 g/mol. The van der Waals surface area contributed by atoms with E-state index in [1.54, 1.807) is 18.2 Å². The molecule has 0 N–H and O–H groups in total. The Labute approximate surface area is 145 Å². The molecular formula is C15H14F3N3O3S. The second kappa shape index (κ2) is 7.60. The van der Waals surface area contributed by atoms with Crippen LogP contribution in [-0.4, -0.2) is 36.2 Å². The zero-order valence-electron chi connectivity index (χ0n) is 13.5. The minimum Gasteiger partial charge on any atom is -0.465 e. The maximum absolute atomic E-state index is 13.2. The quantitative estimate of drug-likeness (QED) is 0.457. The molecule has 1 heterocycles. The number of aryl methyl sites for hydroxylation is 1. The van der Waals surface area contributed by atoms with Crippen molar-refractivity contribution in [3.8, 4) is 0 Å². The molecule has 0 radical (unpaired) electrons. The van der Waals surface area contributed by atoms with Gasteiger partial charge in [-0.25, -0.2) is 4.79 Å².